The Hall–Kier alpha value is -2.12. The Morgan fingerprint density at radius 2 is 1.87 bits per heavy atom. The molecular weight excluding hydrogens is 406 g/mol. The van der Waals surface area contributed by atoms with E-state index in [1.54, 1.807) is 36.1 Å². The number of halogens is 1. The first-order chi connectivity index (χ1) is 14.4. The maximum Gasteiger partial charge on any atom is 0.255 e. The number of carbonyl (C=O) groups excluding carboxylic acids is 3. The number of carbonyl (C=O) groups is 3. The van der Waals surface area contributed by atoms with Crippen LogP contribution >= 0.6 is 11.6 Å². The van der Waals surface area contributed by atoms with E-state index in [0.717, 1.165) is 12.8 Å². The van der Waals surface area contributed by atoms with Gasteiger partial charge in [0.2, 0.25) is 11.8 Å². The van der Waals surface area contributed by atoms with Crippen molar-refractivity contribution >= 4 is 29.3 Å². The number of benzene rings is 1. The Kier molecular flexibility index (Phi) is 7.72. The summed E-state index contributed by atoms with van der Waals surface area (Å²) in [5.74, 6) is -0.426. The van der Waals surface area contributed by atoms with Crippen LogP contribution in [0.1, 0.15) is 49.4 Å². The average molecular weight is 436 g/mol. The zero-order valence-corrected chi connectivity index (χ0v) is 18.2. The number of ether oxygens (including phenoxy) is 1. The Morgan fingerprint density at radius 1 is 1.13 bits per heavy atom. The van der Waals surface area contributed by atoms with Gasteiger partial charge in [-0.05, 0) is 44.7 Å². The van der Waals surface area contributed by atoms with Crippen LogP contribution in [0.25, 0.3) is 0 Å². The normalized spacial score (nSPS) is 23.5. The van der Waals surface area contributed by atoms with Crippen molar-refractivity contribution in [2.75, 3.05) is 32.8 Å². The maximum atomic E-state index is 13.2. The highest BCUT2D eigenvalue weighted by Gasteiger charge is 2.42. The molecule has 2 aliphatic rings. The second-order valence-electron chi connectivity index (χ2n) is 8.11. The highest BCUT2D eigenvalue weighted by atomic mass is 35.5. The lowest BCUT2D eigenvalue weighted by atomic mass is 9.73. The monoisotopic (exact) mass is 435 g/mol. The molecule has 1 atom stereocenters. The molecule has 2 aliphatic heterocycles. The standard InChI is InChI=1S/C22H30ClN3O4/c1-16-19(27)24-11-15-30-14-5-4-8-22(21(29)25-16)9-12-26(13-10-22)20(28)17-6-2-3-7-18(17)23/h2-3,6-7,16H,4-5,8-15H2,1H3,(H,24,27)(H,25,29)/t16-/m0/s1. The first-order valence-corrected chi connectivity index (χ1v) is 11.0. The molecule has 0 aromatic heterocycles. The van der Waals surface area contributed by atoms with E-state index >= 15 is 0 Å². The largest absolute Gasteiger partial charge is 0.380 e. The molecule has 8 heteroatoms. The molecular formula is C22H30ClN3O4. The van der Waals surface area contributed by atoms with Crippen LogP contribution < -0.4 is 10.6 Å². The van der Waals surface area contributed by atoms with Gasteiger partial charge in [0.05, 0.1) is 22.6 Å². The van der Waals surface area contributed by atoms with E-state index in [1.165, 1.54) is 0 Å². The second kappa shape index (κ2) is 10.3. The van der Waals surface area contributed by atoms with Crippen molar-refractivity contribution in [3.05, 3.63) is 34.9 Å². The molecule has 0 unspecified atom stereocenters. The van der Waals surface area contributed by atoms with E-state index in [4.69, 9.17) is 16.3 Å². The minimum Gasteiger partial charge on any atom is -0.380 e. The zero-order chi connectivity index (χ0) is 21.6. The van der Waals surface area contributed by atoms with Gasteiger partial charge < -0.3 is 20.3 Å². The molecule has 7 nitrogen and oxygen atoms in total. The van der Waals surface area contributed by atoms with Crippen LogP contribution in [0, 0.1) is 5.41 Å². The van der Waals surface area contributed by atoms with Crippen LogP contribution in [0.3, 0.4) is 0 Å². The summed E-state index contributed by atoms with van der Waals surface area (Å²) in [4.78, 5) is 40.1. The Labute approximate surface area is 182 Å². The van der Waals surface area contributed by atoms with Crippen molar-refractivity contribution in [3.8, 4) is 0 Å². The van der Waals surface area contributed by atoms with Crippen molar-refractivity contribution in [2.45, 2.75) is 45.1 Å². The van der Waals surface area contributed by atoms with Crippen molar-refractivity contribution in [3.63, 3.8) is 0 Å². The van der Waals surface area contributed by atoms with Crippen LogP contribution in [0.4, 0.5) is 0 Å². The average Bonchev–Trinajstić information content (AvgIpc) is 2.75. The van der Waals surface area contributed by atoms with Crippen LogP contribution in [0.15, 0.2) is 24.3 Å². The summed E-state index contributed by atoms with van der Waals surface area (Å²) in [5, 5.41) is 6.11. The Bertz CT molecular complexity index is 777. The number of rotatable bonds is 1. The lowest BCUT2D eigenvalue weighted by molar-refractivity contribution is -0.137. The summed E-state index contributed by atoms with van der Waals surface area (Å²) in [5.41, 5.74) is -0.100. The number of hydrogen-bond acceptors (Lipinski definition) is 4. The van der Waals surface area contributed by atoms with Gasteiger partial charge in [0.15, 0.2) is 0 Å². The van der Waals surface area contributed by atoms with Gasteiger partial charge in [0, 0.05) is 26.2 Å². The molecule has 1 aromatic carbocycles. The van der Waals surface area contributed by atoms with Crippen LogP contribution in [-0.4, -0.2) is 61.5 Å². The molecule has 3 rings (SSSR count). The lowest BCUT2D eigenvalue weighted by Crippen LogP contribution is -2.54. The molecule has 0 bridgehead atoms. The molecule has 0 radical (unpaired) electrons. The van der Waals surface area contributed by atoms with Gasteiger partial charge in [-0.25, -0.2) is 0 Å². The van der Waals surface area contributed by atoms with E-state index in [-0.39, 0.29) is 17.7 Å². The first-order valence-electron chi connectivity index (χ1n) is 10.6. The summed E-state index contributed by atoms with van der Waals surface area (Å²) in [6, 6.07) is 6.40. The van der Waals surface area contributed by atoms with Gasteiger partial charge in [-0.1, -0.05) is 30.2 Å². The minimum absolute atomic E-state index is 0.102. The van der Waals surface area contributed by atoms with E-state index in [2.05, 4.69) is 10.6 Å². The van der Waals surface area contributed by atoms with Gasteiger partial charge in [-0.2, -0.15) is 0 Å². The summed E-state index contributed by atoms with van der Waals surface area (Å²) in [6.45, 7) is 4.17. The molecule has 2 heterocycles. The van der Waals surface area contributed by atoms with Crippen LogP contribution in [0.5, 0.6) is 0 Å². The van der Waals surface area contributed by atoms with Crippen molar-refractivity contribution in [2.24, 2.45) is 5.41 Å². The third kappa shape index (κ3) is 5.32. The van der Waals surface area contributed by atoms with E-state index in [0.29, 0.717) is 62.7 Å². The number of piperidine rings is 1. The fourth-order valence-electron chi connectivity index (χ4n) is 4.12. The molecule has 3 amide bonds. The third-order valence-electron chi connectivity index (χ3n) is 6.07. The van der Waals surface area contributed by atoms with E-state index in [9.17, 15) is 14.4 Å². The van der Waals surface area contributed by atoms with Crippen LogP contribution in [-0.2, 0) is 14.3 Å². The minimum atomic E-state index is -0.613. The number of nitrogens with one attached hydrogen (secondary N) is 2. The highest BCUT2D eigenvalue weighted by Crippen LogP contribution is 2.38. The summed E-state index contributed by atoms with van der Waals surface area (Å²) in [6.07, 6.45) is 3.56. The predicted molar refractivity (Wildman–Crippen MR) is 114 cm³/mol. The maximum absolute atomic E-state index is 13.2. The first kappa shape index (κ1) is 22.6. The fourth-order valence-corrected chi connectivity index (χ4v) is 4.33. The molecule has 1 aromatic rings. The van der Waals surface area contributed by atoms with Crippen molar-refractivity contribution in [1.29, 1.82) is 0 Å². The number of hydrogen-bond donors (Lipinski definition) is 2. The Balaban J connectivity index is 1.70. The molecule has 2 saturated heterocycles. The molecule has 30 heavy (non-hydrogen) atoms. The van der Waals surface area contributed by atoms with Gasteiger partial charge >= 0.3 is 0 Å². The topological polar surface area (TPSA) is 87.7 Å². The smallest absolute Gasteiger partial charge is 0.255 e. The van der Waals surface area contributed by atoms with Crippen LogP contribution in [0.2, 0.25) is 5.02 Å². The molecule has 2 N–H and O–H groups in total. The predicted octanol–water partition coefficient (Wildman–Crippen LogP) is 2.38. The SMILES string of the molecule is C[C@@H]1NC(=O)C2(CCCCOCCNC1=O)CCN(C(=O)c1ccccc1Cl)CC2. The van der Waals surface area contributed by atoms with E-state index in [1.807, 2.05) is 0 Å². The lowest BCUT2D eigenvalue weighted by Gasteiger charge is -2.41. The molecule has 0 saturated carbocycles. The molecule has 0 aliphatic carbocycles. The van der Waals surface area contributed by atoms with Gasteiger partial charge in [0.1, 0.15) is 6.04 Å². The van der Waals surface area contributed by atoms with Gasteiger partial charge in [-0.3, -0.25) is 14.4 Å². The summed E-state index contributed by atoms with van der Waals surface area (Å²) >= 11 is 6.19. The third-order valence-corrected chi connectivity index (χ3v) is 6.40. The molecule has 1 spiro atoms. The number of nitrogens with zero attached hydrogens (tertiary/aromatic N) is 1. The van der Waals surface area contributed by atoms with Crippen molar-refractivity contribution < 1.29 is 19.1 Å². The molecule has 164 valence electrons. The molecule has 2 fully saturated rings. The quantitative estimate of drug-likeness (QED) is 0.709. The summed E-state index contributed by atoms with van der Waals surface area (Å²) < 4.78 is 5.56. The van der Waals surface area contributed by atoms with Gasteiger partial charge in [0.25, 0.3) is 5.91 Å². The summed E-state index contributed by atoms with van der Waals surface area (Å²) in [7, 11) is 0. The fraction of sp³-hybridized carbons (Fsp3) is 0.591. The number of amides is 3. The second-order valence-corrected chi connectivity index (χ2v) is 8.52. The van der Waals surface area contributed by atoms with Gasteiger partial charge in [-0.15, -0.1) is 0 Å². The highest BCUT2D eigenvalue weighted by molar-refractivity contribution is 6.33. The number of likely N-dealkylation sites (tertiary alicyclic amines) is 1. The van der Waals surface area contributed by atoms with E-state index < -0.39 is 11.5 Å². The van der Waals surface area contributed by atoms with Crippen molar-refractivity contribution in [1.82, 2.24) is 15.5 Å². The Morgan fingerprint density at radius 3 is 2.60 bits per heavy atom. The zero-order valence-electron chi connectivity index (χ0n) is 17.4.